The Morgan fingerprint density at radius 2 is 1.80 bits per heavy atom. The molecule has 0 radical (unpaired) electrons. The lowest BCUT2D eigenvalue weighted by Gasteiger charge is -2.26. The smallest absolute Gasteiger partial charge is 0.227 e. The quantitative estimate of drug-likeness (QED) is 0.844. The Hall–Kier alpha value is -2.17. The van der Waals surface area contributed by atoms with Crippen LogP contribution in [-0.4, -0.2) is 29.0 Å². The second-order valence-corrected chi connectivity index (χ2v) is 6.72. The van der Waals surface area contributed by atoms with Crippen LogP contribution in [0.15, 0.2) is 54.6 Å². The van der Waals surface area contributed by atoms with Crippen molar-refractivity contribution in [1.29, 1.82) is 0 Å². The van der Waals surface area contributed by atoms with Gasteiger partial charge in [-0.25, -0.2) is 0 Å². The summed E-state index contributed by atoms with van der Waals surface area (Å²) in [6.07, 6.45) is 3.15. The molecule has 1 amide bonds. The van der Waals surface area contributed by atoms with Crippen molar-refractivity contribution in [3.05, 3.63) is 65.7 Å². The number of piperidine rings is 1. The molecule has 3 rings (SSSR count). The van der Waals surface area contributed by atoms with E-state index in [1.54, 1.807) is 0 Å². The number of carbonyl (C=O) groups is 1. The van der Waals surface area contributed by atoms with E-state index in [4.69, 9.17) is 0 Å². The van der Waals surface area contributed by atoms with Gasteiger partial charge in [0, 0.05) is 12.2 Å². The summed E-state index contributed by atoms with van der Waals surface area (Å²) in [6, 6.07) is 17.3. The van der Waals surface area contributed by atoms with Gasteiger partial charge in [0.25, 0.3) is 0 Å². The topological polar surface area (TPSA) is 52.6 Å². The van der Waals surface area contributed by atoms with E-state index in [0.29, 0.717) is 0 Å². The zero-order valence-electron chi connectivity index (χ0n) is 14.5. The van der Waals surface area contributed by atoms with E-state index >= 15 is 0 Å². The Kier molecular flexibility index (Phi) is 6.20. The van der Waals surface area contributed by atoms with Gasteiger partial charge in [-0.3, -0.25) is 9.69 Å². The molecule has 25 heavy (non-hydrogen) atoms. The molecule has 2 N–H and O–H groups in total. The van der Waals surface area contributed by atoms with Crippen molar-refractivity contribution in [2.75, 3.05) is 18.4 Å². The summed E-state index contributed by atoms with van der Waals surface area (Å²) in [4.78, 5) is 14.7. The lowest BCUT2D eigenvalue weighted by Crippen LogP contribution is -2.29. The Morgan fingerprint density at radius 1 is 1.04 bits per heavy atom. The number of rotatable bonds is 6. The standard InChI is InChI=1S/C21H26N2O2/c24-20(18-9-3-1-4-10-18)15-21(25)22-19-11-7-8-17(14-19)16-23-12-5-2-6-13-23/h1,3-4,7-11,14,20,24H,2,5-6,12-13,15-16H2,(H,22,25). The molecule has 4 heteroatoms. The predicted octanol–water partition coefficient (Wildman–Crippen LogP) is 3.73. The first-order valence-corrected chi connectivity index (χ1v) is 9.05. The SMILES string of the molecule is O=C(CC(O)c1ccccc1)Nc1cccc(CN2CCCCC2)c1. The predicted molar refractivity (Wildman–Crippen MR) is 100 cm³/mol. The van der Waals surface area contributed by atoms with Crippen molar-refractivity contribution in [3.63, 3.8) is 0 Å². The van der Waals surface area contributed by atoms with Gasteiger partial charge in [0.2, 0.25) is 5.91 Å². The molecule has 132 valence electrons. The summed E-state index contributed by atoms with van der Waals surface area (Å²) in [6.45, 7) is 3.23. The van der Waals surface area contributed by atoms with Crippen LogP contribution in [0.5, 0.6) is 0 Å². The van der Waals surface area contributed by atoms with Crippen LogP contribution >= 0.6 is 0 Å². The number of benzene rings is 2. The fourth-order valence-corrected chi connectivity index (χ4v) is 3.30. The number of nitrogens with one attached hydrogen (secondary N) is 1. The number of hydrogen-bond acceptors (Lipinski definition) is 3. The van der Waals surface area contributed by atoms with Gasteiger partial charge in [-0.1, -0.05) is 48.9 Å². The second kappa shape index (κ2) is 8.79. The molecule has 0 spiro atoms. The van der Waals surface area contributed by atoms with Crippen LogP contribution in [0.3, 0.4) is 0 Å². The number of nitrogens with zero attached hydrogens (tertiary/aromatic N) is 1. The van der Waals surface area contributed by atoms with Crippen molar-refractivity contribution in [2.45, 2.75) is 38.3 Å². The Balaban J connectivity index is 1.55. The van der Waals surface area contributed by atoms with E-state index in [9.17, 15) is 9.90 Å². The Labute approximate surface area is 149 Å². The highest BCUT2D eigenvalue weighted by atomic mass is 16.3. The van der Waals surface area contributed by atoms with E-state index < -0.39 is 6.10 Å². The largest absolute Gasteiger partial charge is 0.388 e. The minimum Gasteiger partial charge on any atom is -0.388 e. The molecule has 0 aromatic heterocycles. The number of carbonyl (C=O) groups excluding carboxylic acids is 1. The lowest BCUT2D eigenvalue weighted by molar-refractivity contribution is -0.118. The maximum atomic E-state index is 12.2. The van der Waals surface area contributed by atoms with Crippen LogP contribution in [0.1, 0.15) is 42.9 Å². The molecule has 1 aliphatic heterocycles. The number of aliphatic hydroxyl groups is 1. The van der Waals surface area contributed by atoms with Crippen molar-refractivity contribution >= 4 is 11.6 Å². The highest BCUT2D eigenvalue weighted by Crippen LogP contribution is 2.19. The van der Waals surface area contributed by atoms with Crippen LogP contribution in [-0.2, 0) is 11.3 Å². The molecule has 1 fully saturated rings. The van der Waals surface area contributed by atoms with Crippen molar-refractivity contribution in [2.24, 2.45) is 0 Å². The summed E-state index contributed by atoms with van der Waals surface area (Å²) in [5.74, 6) is -0.175. The fourth-order valence-electron chi connectivity index (χ4n) is 3.30. The van der Waals surface area contributed by atoms with Crippen LogP contribution < -0.4 is 5.32 Å². The van der Waals surface area contributed by atoms with Gasteiger partial charge in [-0.15, -0.1) is 0 Å². The molecule has 1 unspecified atom stereocenters. The molecular weight excluding hydrogens is 312 g/mol. The number of anilines is 1. The van der Waals surface area contributed by atoms with E-state index in [1.807, 2.05) is 48.5 Å². The van der Waals surface area contributed by atoms with Gasteiger partial charge >= 0.3 is 0 Å². The minimum atomic E-state index is -0.780. The molecule has 1 aliphatic rings. The highest BCUT2D eigenvalue weighted by molar-refractivity contribution is 5.91. The minimum absolute atomic E-state index is 0.0559. The monoisotopic (exact) mass is 338 g/mol. The first-order valence-electron chi connectivity index (χ1n) is 9.05. The van der Waals surface area contributed by atoms with E-state index in [0.717, 1.165) is 30.9 Å². The Morgan fingerprint density at radius 3 is 2.56 bits per heavy atom. The number of aliphatic hydroxyl groups excluding tert-OH is 1. The molecule has 2 aromatic rings. The van der Waals surface area contributed by atoms with Crippen LogP contribution in [0.2, 0.25) is 0 Å². The third kappa shape index (κ3) is 5.41. The average molecular weight is 338 g/mol. The molecule has 0 bridgehead atoms. The molecule has 4 nitrogen and oxygen atoms in total. The Bertz CT molecular complexity index is 681. The normalized spacial score (nSPS) is 16.4. The van der Waals surface area contributed by atoms with Crippen LogP contribution in [0.25, 0.3) is 0 Å². The summed E-state index contributed by atoms with van der Waals surface area (Å²) < 4.78 is 0. The zero-order chi connectivity index (χ0) is 17.5. The van der Waals surface area contributed by atoms with Gasteiger partial charge in [-0.2, -0.15) is 0 Å². The number of amides is 1. The van der Waals surface area contributed by atoms with Gasteiger partial charge in [0.05, 0.1) is 12.5 Å². The first-order chi connectivity index (χ1) is 12.2. The number of likely N-dealkylation sites (tertiary alicyclic amines) is 1. The third-order valence-corrected chi connectivity index (χ3v) is 4.63. The average Bonchev–Trinajstić information content (AvgIpc) is 2.63. The lowest BCUT2D eigenvalue weighted by atomic mass is 10.1. The van der Waals surface area contributed by atoms with Crippen LogP contribution in [0.4, 0.5) is 5.69 Å². The summed E-state index contributed by atoms with van der Waals surface area (Å²) in [5.41, 5.74) is 2.76. The van der Waals surface area contributed by atoms with Gasteiger partial charge < -0.3 is 10.4 Å². The van der Waals surface area contributed by atoms with Gasteiger partial charge in [-0.05, 0) is 49.2 Å². The van der Waals surface area contributed by atoms with Crippen LogP contribution in [0, 0.1) is 0 Å². The maximum Gasteiger partial charge on any atom is 0.227 e. The number of hydrogen-bond donors (Lipinski definition) is 2. The molecule has 0 aliphatic carbocycles. The van der Waals surface area contributed by atoms with E-state index in [1.165, 1.54) is 24.8 Å². The highest BCUT2D eigenvalue weighted by Gasteiger charge is 2.14. The first kappa shape index (κ1) is 17.6. The molecule has 2 aromatic carbocycles. The molecule has 1 saturated heterocycles. The fraction of sp³-hybridized carbons (Fsp3) is 0.381. The van der Waals surface area contributed by atoms with Gasteiger partial charge in [0.1, 0.15) is 0 Å². The van der Waals surface area contributed by atoms with Crippen molar-refractivity contribution in [1.82, 2.24) is 4.90 Å². The maximum absolute atomic E-state index is 12.2. The summed E-state index contributed by atoms with van der Waals surface area (Å²) >= 11 is 0. The molecular formula is C21H26N2O2. The second-order valence-electron chi connectivity index (χ2n) is 6.72. The third-order valence-electron chi connectivity index (χ3n) is 4.63. The zero-order valence-corrected chi connectivity index (χ0v) is 14.5. The summed E-state index contributed by atoms with van der Waals surface area (Å²) in [5, 5.41) is 13.1. The van der Waals surface area contributed by atoms with Gasteiger partial charge in [0.15, 0.2) is 0 Å². The molecule has 1 heterocycles. The summed E-state index contributed by atoms with van der Waals surface area (Å²) in [7, 11) is 0. The molecule has 1 atom stereocenters. The van der Waals surface area contributed by atoms with Crippen molar-refractivity contribution < 1.29 is 9.90 Å². The van der Waals surface area contributed by atoms with E-state index in [2.05, 4.69) is 16.3 Å². The van der Waals surface area contributed by atoms with Crippen molar-refractivity contribution in [3.8, 4) is 0 Å². The van der Waals surface area contributed by atoms with E-state index in [-0.39, 0.29) is 12.3 Å². The molecule has 0 saturated carbocycles.